The Balaban J connectivity index is 1.13. The van der Waals surface area contributed by atoms with E-state index in [2.05, 4.69) is 37.1 Å². The second-order valence-corrected chi connectivity index (χ2v) is 18.2. The molecule has 6 amide bonds. The Morgan fingerprint density at radius 3 is 2.10 bits per heavy atom. The Hall–Kier alpha value is -7.06. The molecule has 2 heterocycles. The zero-order chi connectivity index (χ0) is 49.6. The monoisotopic (exact) mass is 949 g/mol. The number of H-pyrrole nitrogens is 1. The van der Waals surface area contributed by atoms with Crippen LogP contribution in [-0.2, 0) is 31.5 Å². The zero-order valence-corrected chi connectivity index (χ0v) is 38.0. The lowest BCUT2D eigenvalue weighted by Gasteiger charge is -2.30. The molecule has 1 atom stereocenters. The molecule has 1 aliphatic carbocycles. The normalized spacial score (nSPS) is 17.4. The van der Waals surface area contributed by atoms with Crippen LogP contribution in [0.2, 0.25) is 0 Å². The molecule has 3 aromatic carbocycles. The topological polar surface area (TPSA) is 251 Å². The molecule has 1 saturated heterocycles. The fourth-order valence-corrected chi connectivity index (χ4v) is 8.10. The number of nitrogens with zero attached hydrogens (tertiary/aromatic N) is 3. The fraction of sp³-hybridized carbons (Fsp3) is 0.447. The van der Waals surface area contributed by atoms with Crippen LogP contribution in [0, 0.1) is 18.8 Å². The van der Waals surface area contributed by atoms with E-state index in [0.29, 0.717) is 69.3 Å². The molecule has 1 aliphatic heterocycles. The van der Waals surface area contributed by atoms with Gasteiger partial charge < -0.3 is 41.7 Å². The summed E-state index contributed by atoms with van der Waals surface area (Å²) in [4.78, 5) is 80.1. The Bertz CT molecular complexity index is 2480. The van der Waals surface area contributed by atoms with Crippen LogP contribution in [0.25, 0.3) is 22.5 Å². The van der Waals surface area contributed by atoms with Crippen LogP contribution in [0.15, 0.2) is 66.7 Å². The summed E-state index contributed by atoms with van der Waals surface area (Å²) in [5, 5.41) is 26.0. The van der Waals surface area contributed by atoms with Crippen molar-refractivity contribution in [3.05, 3.63) is 89.2 Å². The smallest absolute Gasteiger partial charge is 0.407 e. The van der Waals surface area contributed by atoms with Gasteiger partial charge in [0.2, 0.25) is 17.6 Å². The van der Waals surface area contributed by atoms with Gasteiger partial charge in [-0.2, -0.15) is 22.7 Å². The number of rotatable bonds is 15. The number of alkyl carbamates (subject to hydrolysis) is 1. The molecule has 6 rings (SSSR count). The van der Waals surface area contributed by atoms with Crippen molar-refractivity contribution < 1.29 is 56.2 Å². The minimum atomic E-state index is -5.24. The van der Waals surface area contributed by atoms with E-state index < -0.39 is 65.1 Å². The van der Waals surface area contributed by atoms with Crippen LogP contribution in [0.1, 0.15) is 86.6 Å². The third-order valence-corrected chi connectivity index (χ3v) is 12.0. The number of aromatic nitrogens is 3. The van der Waals surface area contributed by atoms with Crippen molar-refractivity contribution in [2.75, 3.05) is 25.0 Å². The Kier molecular flexibility index (Phi) is 15.4. The number of aromatic amines is 1. The summed E-state index contributed by atoms with van der Waals surface area (Å²) in [6.45, 7) is 8.29. The van der Waals surface area contributed by atoms with Crippen LogP contribution in [0.4, 0.5) is 32.8 Å². The number of hydrogen-bond acceptors (Lipinski definition) is 9. The average Bonchev–Trinajstić information content (AvgIpc) is 3.80. The number of amides is 6. The van der Waals surface area contributed by atoms with Gasteiger partial charge in [-0.15, -0.1) is 0 Å². The number of primary amides is 1. The van der Waals surface area contributed by atoms with Crippen LogP contribution >= 0.6 is 0 Å². The molecule has 17 nitrogen and oxygen atoms in total. The first-order valence-electron chi connectivity index (χ1n) is 22.2. The summed E-state index contributed by atoms with van der Waals surface area (Å²) < 4.78 is 61.9. The molecule has 0 unspecified atom stereocenters. The van der Waals surface area contributed by atoms with Crippen molar-refractivity contribution >= 4 is 41.5 Å². The van der Waals surface area contributed by atoms with E-state index >= 15 is 0 Å². The van der Waals surface area contributed by atoms with Crippen molar-refractivity contribution in [2.24, 2.45) is 17.6 Å². The molecule has 364 valence electrons. The Morgan fingerprint density at radius 2 is 1.51 bits per heavy atom. The highest BCUT2D eigenvalue weighted by Gasteiger charge is 2.64. The summed E-state index contributed by atoms with van der Waals surface area (Å²) in [6, 6.07) is 17.1. The number of halogens is 4. The second-order valence-electron chi connectivity index (χ2n) is 18.2. The average molecular weight is 950 g/mol. The number of nitrogens with two attached hydrogens (primary N) is 1. The van der Waals surface area contributed by atoms with Gasteiger partial charge in [0.05, 0.1) is 0 Å². The van der Waals surface area contributed by atoms with Gasteiger partial charge in [0.1, 0.15) is 11.6 Å². The van der Waals surface area contributed by atoms with E-state index in [4.69, 9.17) is 4.74 Å². The highest BCUT2D eigenvalue weighted by Crippen LogP contribution is 2.41. The highest BCUT2D eigenvalue weighted by atomic mass is 19.3. The Labute approximate surface area is 389 Å². The maximum atomic E-state index is 14.4. The quantitative estimate of drug-likeness (QED) is 0.0635. The van der Waals surface area contributed by atoms with Gasteiger partial charge in [0, 0.05) is 54.8 Å². The van der Waals surface area contributed by atoms with Crippen LogP contribution in [0.5, 0.6) is 0 Å². The number of carbonyl (C=O) groups excluding carboxylic acids is 5. The maximum Gasteiger partial charge on any atom is 0.407 e. The van der Waals surface area contributed by atoms with Crippen LogP contribution < -0.4 is 27.0 Å². The van der Waals surface area contributed by atoms with Gasteiger partial charge in [-0.1, -0.05) is 30.3 Å². The molecule has 2 aliphatic rings. The summed E-state index contributed by atoms with van der Waals surface area (Å²) in [5.41, 5.74) is 7.91. The number of aryl methyl sites for hydroxylation is 1. The summed E-state index contributed by atoms with van der Waals surface area (Å²) in [7, 11) is 0. The van der Waals surface area contributed by atoms with E-state index in [1.165, 1.54) is 29.2 Å². The molecule has 68 heavy (non-hydrogen) atoms. The molecule has 8 N–H and O–H groups in total. The van der Waals surface area contributed by atoms with E-state index in [-0.39, 0.29) is 41.4 Å². The summed E-state index contributed by atoms with van der Waals surface area (Å²) in [5.74, 6) is -16.2. The number of hydrogen-bond donors (Lipinski definition) is 7. The number of alkyl halides is 4. The lowest BCUT2D eigenvalue weighted by molar-refractivity contribution is -0.215. The second kappa shape index (κ2) is 20.8. The zero-order valence-electron chi connectivity index (χ0n) is 38.0. The first kappa shape index (κ1) is 50.4. The van der Waals surface area contributed by atoms with Gasteiger partial charge in [0.15, 0.2) is 5.82 Å². The third-order valence-electron chi connectivity index (χ3n) is 12.0. The van der Waals surface area contributed by atoms with Gasteiger partial charge in [-0.3, -0.25) is 24.3 Å². The Morgan fingerprint density at radius 1 is 0.882 bits per heavy atom. The number of nitrogens with one attached hydrogen (secondary N) is 5. The third kappa shape index (κ3) is 12.5. The SMILES string of the molecule is Cc1cc(C(=O)NC2CCN(C(=O)O)CC2)ccc1-c1ccc(C[C@H](NC(=O)C2CCC(CNC(=O)OC(C)(C)C)CC2)C(=O)Nc2ccc(-c3n[nH]c(C(F)(F)C(F)(F)C(N)=O)n3)cc2)cc1. The fourth-order valence-electron chi connectivity index (χ4n) is 8.10. The maximum absolute atomic E-state index is 14.4. The molecule has 21 heteroatoms. The molecular formula is C47H55F4N9O8. The molecule has 1 aromatic heterocycles. The lowest BCUT2D eigenvalue weighted by Crippen LogP contribution is -2.49. The minimum absolute atomic E-state index is 0.0820. The van der Waals surface area contributed by atoms with E-state index in [0.717, 1.165) is 16.7 Å². The molecule has 2 fully saturated rings. The minimum Gasteiger partial charge on any atom is -0.465 e. The van der Waals surface area contributed by atoms with Crippen LogP contribution in [-0.4, -0.2) is 104 Å². The van der Waals surface area contributed by atoms with Crippen molar-refractivity contribution in [2.45, 2.75) is 102 Å². The predicted molar refractivity (Wildman–Crippen MR) is 241 cm³/mol. The van der Waals surface area contributed by atoms with Crippen molar-refractivity contribution in [1.82, 2.24) is 36.0 Å². The molecule has 1 saturated carbocycles. The van der Waals surface area contributed by atoms with Gasteiger partial charge in [-0.05, 0) is 131 Å². The lowest BCUT2D eigenvalue weighted by atomic mass is 9.81. The van der Waals surface area contributed by atoms with Crippen molar-refractivity contribution in [1.29, 1.82) is 0 Å². The molecule has 0 bridgehead atoms. The number of carboxylic acid groups (broad SMARTS) is 1. The molecule has 0 spiro atoms. The molecular weight excluding hydrogens is 895 g/mol. The molecule has 4 aromatic rings. The molecule has 0 radical (unpaired) electrons. The number of benzene rings is 3. The predicted octanol–water partition coefficient (Wildman–Crippen LogP) is 6.53. The largest absolute Gasteiger partial charge is 0.465 e. The number of ether oxygens (including phenoxy) is 1. The van der Waals surface area contributed by atoms with E-state index in [1.807, 2.05) is 37.3 Å². The van der Waals surface area contributed by atoms with E-state index in [1.54, 1.807) is 38.0 Å². The highest BCUT2D eigenvalue weighted by molar-refractivity contribution is 5.98. The first-order valence-corrected chi connectivity index (χ1v) is 22.2. The first-order chi connectivity index (χ1) is 32.0. The summed E-state index contributed by atoms with van der Waals surface area (Å²) in [6.07, 6.45) is 2.01. The summed E-state index contributed by atoms with van der Waals surface area (Å²) >= 11 is 0. The standard InChI is InChI=1S/C47H55F4N9O8/c1-26-23-32(39(62)54-34-19-21-60(22-20-34)44(66)67)15-18-35(26)29-9-5-27(6-10-29)24-36(56-38(61)31-11-7-28(8-12-31)25-53-43(65)68-45(2,3)4)40(63)55-33-16-13-30(14-17-33)37-57-42(59-58-37)47(50,51)46(48,49)41(52)64/h5-6,9-10,13-18,23,28,31,34,36H,7-8,11-12,19-22,24-25H2,1-4H3,(H2,52,64)(H,53,65)(H,54,62)(H,55,63)(H,56,61)(H,66,67)(H,57,58,59)/t28?,31?,36-/m0/s1. The van der Waals surface area contributed by atoms with Crippen molar-refractivity contribution in [3.63, 3.8) is 0 Å². The van der Waals surface area contributed by atoms with Crippen molar-refractivity contribution in [3.8, 4) is 22.5 Å². The van der Waals surface area contributed by atoms with Gasteiger partial charge in [-0.25, -0.2) is 14.6 Å². The van der Waals surface area contributed by atoms with Gasteiger partial charge >= 0.3 is 24.0 Å². The number of piperidine rings is 1. The van der Waals surface area contributed by atoms with Crippen LogP contribution in [0.3, 0.4) is 0 Å². The van der Waals surface area contributed by atoms with Gasteiger partial charge in [0.25, 0.3) is 11.8 Å². The number of carbonyl (C=O) groups is 6. The number of likely N-dealkylation sites (tertiary alicyclic amines) is 1. The number of anilines is 1. The van der Waals surface area contributed by atoms with E-state index in [9.17, 15) is 51.4 Å².